The van der Waals surface area contributed by atoms with Crippen LogP contribution < -0.4 is 5.32 Å². The third kappa shape index (κ3) is 3.59. The Kier molecular flexibility index (Phi) is 4.77. The molecule has 4 nitrogen and oxygen atoms in total. The van der Waals surface area contributed by atoms with Crippen LogP contribution in [0, 0.1) is 11.8 Å². The summed E-state index contributed by atoms with van der Waals surface area (Å²) in [6, 6.07) is 6.85. The van der Waals surface area contributed by atoms with Crippen molar-refractivity contribution in [1.82, 2.24) is 5.32 Å². The number of nitrogens with one attached hydrogen (secondary N) is 1. The van der Waals surface area contributed by atoms with Gasteiger partial charge >= 0.3 is 5.97 Å². The Morgan fingerprint density at radius 3 is 2.80 bits per heavy atom. The fourth-order valence-corrected chi connectivity index (χ4v) is 2.86. The fraction of sp³-hybridized carbons (Fsp3) is 0.500. The van der Waals surface area contributed by atoms with Crippen LogP contribution in [0.15, 0.2) is 24.3 Å². The molecule has 1 amide bonds. The lowest BCUT2D eigenvalue weighted by Gasteiger charge is -2.15. The predicted octanol–water partition coefficient (Wildman–Crippen LogP) is 2.48. The first kappa shape index (κ1) is 14.6. The zero-order chi connectivity index (χ0) is 14.5. The van der Waals surface area contributed by atoms with Gasteiger partial charge in [0.15, 0.2) is 0 Å². The number of hydrogen-bond donors (Lipinski definition) is 2. The van der Waals surface area contributed by atoms with Gasteiger partial charge in [0, 0.05) is 12.5 Å². The van der Waals surface area contributed by atoms with Crippen LogP contribution in [0.1, 0.15) is 42.1 Å². The van der Waals surface area contributed by atoms with Crippen molar-refractivity contribution in [3.63, 3.8) is 0 Å². The number of carbonyl (C=O) groups excluding carboxylic acids is 1. The number of carboxylic acids is 1. The highest BCUT2D eigenvalue weighted by Gasteiger charge is 2.29. The topological polar surface area (TPSA) is 66.4 Å². The van der Waals surface area contributed by atoms with Gasteiger partial charge in [0.05, 0.1) is 5.56 Å². The highest BCUT2D eigenvalue weighted by molar-refractivity contribution is 5.87. The van der Waals surface area contributed by atoms with Crippen LogP contribution in [-0.2, 0) is 11.2 Å². The molecule has 1 saturated carbocycles. The lowest BCUT2D eigenvalue weighted by Crippen LogP contribution is -2.33. The molecule has 2 unspecified atom stereocenters. The van der Waals surface area contributed by atoms with Gasteiger partial charge in [0.25, 0.3) is 0 Å². The molecule has 0 bridgehead atoms. The molecule has 0 aromatic heterocycles. The van der Waals surface area contributed by atoms with Crippen LogP contribution in [0.5, 0.6) is 0 Å². The van der Waals surface area contributed by atoms with E-state index < -0.39 is 5.97 Å². The molecule has 1 aliphatic rings. The van der Waals surface area contributed by atoms with E-state index >= 15 is 0 Å². The SMILES string of the molecule is CC1CCCC1C(=O)NCCc1cccc(C(=O)O)c1. The zero-order valence-electron chi connectivity index (χ0n) is 11.8. The van der Waals surface area contributed by atoms with E-state index in [-0.39, 0.29) is 11.8 Å². The summed E-state index contributed by atoms with van der Waals surface area (Å²) in [6.45, 7) is 2.69. The Hall–Kier alpha value is -1.84. The Morgan fingerprint density at radius 2 is 2.15 bits per heavy atom. The van der Waals surface area contributed by atoms with Gasteiger partial charge in [-0.05, 0) is 42.9 Å². The second-order valence-electron chi connectivity index (χ2n) is 5.56. The number of rotatable bonds is 5. The maximum atomic E-state index is 12.0. The molecule has 0 heterocycles. The number of carbonyl (C=O) groups is 2. The molecular formula is C16H21NO3. The van der Waals surface area contributed by atoms with Crippen molar-refractivity contribution < 1.29 is 14.7 Å². The van der Waals surface area contributed by atoms with E-state index in [2.05, 4.69) is 12.2 Å². The molecule has 2 N–H and O–H groups in total. The number of hydrogen-bond acceptors (Lipinski definition) is 2. The van der Waals surface area contributed by atoms with Crippen LogP contribution in [0.25, 0.3) is 0 Å². The van der Waals surface area contributed by atoms with E-state index in [1.807, 2.05) is 6.07 Å². The van der Waals surface area contributed by atoms with Gasteiger partial charge in [-0.15, -0.1) is 0 Å². The molecule has 2 rings (SSSR count). The quantitative estimate of drug-likeness (QED) is 0.867. The molecule has 1 aliphatic carbocycles. The van der Waals surface area contributed by atoms with Crippen molar-refractivity contribution >= 4 is 11.9 Å². The molecule has 1 fully saturated rings. The predicted molar refractivity (Wildman–Crippen MR) is 76.6 cm³/mol. The van der Waals surface area contributed by atoms with Crippen molar-refractivity contribution in [3.05, 3.63) is 35.4 Å². The Labute approximate surface area is 119 Å². The Bertz CT molecular complexity index is 498. The summed E-state index contributed by atoms with van der Waals surface area (Å²) in [4.78, 5) is 22.9. The summed E-state index contributed by atoms with van der Waals surface area (Å²) in [7, 11) is 0. The third-order valence-electron chi connectivity index (χ3n) is 4.09. The van der Waals surface area contributed by atoms with Crippen molar-refractivity contribution in [1.29, 1.82) is 0 Å². The number of aromatic carboxylic acids is 1. The molecule has 1 aromatic carbocycles. The number of carboxylic acid groups (broad SMARTS) is 1. The summed E-state index contributed by atoms with van der Waals surface area (Å²) in [5.41, 5.74) is 1.22. The average Bonchev–Trinajstić information content (AvgIpc) is 2.85. The van der Waals surface area contributed by atoms with Crippen LogP contribution >= 0.6 is 0 Å². The first-order valence-corrected chi connectivity index (χ1v) is 7.18. The lowest BCUT2D eigenvalue weighted by atomic mass is 9.97. The van der Waals surface area contributed by atoms with E-state index in [4.69, 9.17) is 5.11 Å². The maximum absolute atomic E-state index is 12.0. The van der Waals surface area contributed by atoms with Crippen LogP contribution in [0.2, 0.25) is 0 Å². The molecule has 1 aromatic rings. The third-order valence-corrected chi connectivity index (χ3v) is 4.09. The molecule has 0 aliphatic heterocycles. The van der Waals surface area contributed by atoms with Crippen molar-refractivity contribution in [3.8, 4) is 0 Å². The summed E-state index contributed by atoms with van der Waals surface area (Å²) >= 11 is 0. The Morgan fingerprint density at radius 1 is 1.35 bits per heavy atom. The highest BCUT2D eigenvalue weighted by atomic mass is 16.4. The molecule has 0 radical (unpaired) electrons. The second kappa shape index (κ2) is 6.55. The molecule has 4 heteroatoms. The lowest BCUT2D eigenvalue weighted by molar-refractivity contribution is -0.125. The normalized spacial score (nSPS) is 21.6. The van der Waals surface area contributed by atoms with E-state index in [9.17, 15) is 9.59 Å². The van der Waals surface area contributed by atoms with Crippen molar-refractivity contribution in [2.45, 2.75) is 32.6 Å². The van der Waals surface area contributed by atoms with Gasteiger partial charge in [-0.3, -0.25) is 4.79 Å². The van der Waals surface area contributed by atoms with E-state index in [0.717, 1.165) is 24.8 Å². The monoisotopic (exact) mass is 275 g/mol. The first-order chi connectivity index (χ1) is 9.58. The summed E-state index contributed by atoms with van der Waals surface area (Å²) < 4.78 is 0. The minimum absolute atomic E-state index is 0.143. The van der Waals surface area contributed by atoms with Crippen molar-refractivity contribution in [2.24, 2.45) is 11.8 Å². The Balaban J connectivity index is 1.82. The highest BCUT2D eigenvalue weighted by Crippen LogP contribution is 2.31. The average molecular weight is 275 g/mol. The smallest absolute Gasteiger partial charge is 0.335 e. The second-order valence-corrected chi connectivity index (χ2v) is 5.56. The molecule has 0 spiro atoms. The standard InChI is InChI=1S/C16H21NO3/c1-11-4-2-7-14(11)15(18)17-9-8-12-5-3-6-13(10-12)16(19)20/h3,5-6,10-11,14H,2,4,7-9H2,1H3,(H,17,18)(H,19,20). The summed E-state index contributed by atoms with van der Waals surface area (Å²) in [5, 5.41) is 11.9. The summed E-state index contributed by atoms with van der Waals surface area (Å²) in [5.74, 6) is -0.147. The zero-order valence-corrected chi connectivity index (χ0v) is 11.8. The molecule has 2 atom stereocenters. The fourth-order valence-electron chi connectivity index (χ4n) is 2.86. The minimum Gasteiger partial charge on any atom is -0.478 e. The summed E-state index contributed by atoms with van der Waals surface area (Å²) in [6.07, 6.45) is 3.92. The van der Waals surface area contributed by atoms with Crippen LogP contribution in [0.4, 0.5) is 0 Å². The molecule has 108 valence electrons. The molecule has 0 saturated heterocycles. The van der Waals surface area contributed by atoms with Gasteiger partial charge in [-0.1, -0.05) is 25.5 Å². The maximum Gasteiger partial charge on any atom is 0.335 e. The van der Waals surface area contributed by atoms with Gasteiger partial charge in [-0.2, -0.15) is 0 Å². The molecule has 20 heavy (non-hydrogen) atoms. The molecular weight excluding hydrogens is 254 g/mol. The van der Waals surface area contributed by atoms with E-state index in [0.29, 0.717) is 24.4 Å². The van der Waals surface area contributed by atoms with Gasteiger partial charge in [0.2, 0.25) is 5.91 Å². The first-order valence-electron chi connectivity index (χ1n) is 7.18. The minimum atomic E-state index is -0.921. The van der Waals surface area contributed by atoms with E-state index in [1.54, 1.807) is 18.2 Å². The largest absolute Gasteiger partial charge is 0.478 e. The van der Waals surface area contributed by atoms with Crippen LogP contribution in [-0.4, -0.2) is 23.5 Å². The number of benzene rings is 1. The van der Waals surface area contributed by atoms with Gasteiger partial charge < -0.3 is 10.4 Å². The van der Waals surface area contributed by atoms with Gasteiger partial charge in [0.1, 0.15) is 0 Å². The van der Waals surface area contributed by atoms with Gasteiger partial charge in [-0.25, -0.2) is 4.79 Å². The van der Waals surface area contributed by atoms with E-state index in [1.165, 1.54) is 0 Å². The van der Waals surface area contributed by atoms with Crippen molar-refractivity contribution in [2.75, 3.05) is 6.54 Å². The number of amides is 1. The van der Waals surface area contributed by atoms with Crippen LogP contribution in [0.3, 0.4) is 0 Å².